The van der Waals surface area contributed by atoms with Gasteiger partial charge in [-0.1, -0.05) is 36.2 Å². The summed E-state index contributed by atoms with van der Waals surface area (Å²) >= 11 is 12.2. The first-order chi connectivity index (χ1) is 16.6. The predicted octanol–water partition coefficient (Wildman–Crippen LogP) is 3.93. The van der Waals surface area contributed by atoms with Gasteiger partial charge in [0.05, 0.1) is 27.7 Å². The van der Waals surface area contributed by atoms with E-state index in [4.69, 9.17) is 27.9 Å². The van der Waals surface area contributed by atoms with E-state index in [-0.39, 0.29) is 32.9 Å². The van der Waals surface area contributed by atoms with Crippen molar-refractivity contribution in [2.45, 2.75) is 29.6 Å². The van der Waals surface area contributed by atoms with Crippen molar-refractivity contribution in [1.29, 1.82) is 0 Å². The number of ether oxygens (including phenoxy) is 1. The van der Waals surface area contributed by atoms with Gasteiger partial charge in [-0.3, -0.25) is 0 Å². The molecule has 0 aromatic heterocycles. The van der Waals surface area contributed by atoms with Crippen LogP contribution in [0.15, 0.2) is 46.2 Å². The second-order valence-corrected chi connectivity index (χ2v) is 13.5. The molecular weight excluding hydrogens is 533 g/mol. The molecule has 0 radical (unpaired) electrons. The van der Waals surface area contributed by atoms with Gasteiger partial charge in [0.1, 0.15) is 10.6 Å². The van der Waals surface area contributed by atoms with E-state index >= 15 is 0 Å². The molecule has 8 nitrogen and oxygen atoms in total. The maximum Gasteiger partial charge on any atom is 0.244 e. The number of anilines is 1. The van der Waals surface area contributed by atoms with Crippen LogP contribution in [0.25, 0.3) is 0 Å². The lowest BCUT2D eigenvalue weighted by molar-refractivity contribution is 0.281. The molecule has 2 aliphatic heterocycles. The summed E-state index contributed by atoms with van der Waals surface area (Å²) < 4.78 is 61.4. The van der Waals surface area contributed by atoms with Gasteiger partial charge in [0.15, 0.2) is 0 Å². The lowest BCUT2D eigenvalue weighted by Gasteiger charge is -2.36. The first-order valence-corrected chi connectivity index (χ1v) is 15.1. The van der Waals surface area contributed by atoms with Crippen LogP contribution in [0, 0.1) is 5.92 Å². The van der Waals surface area contributed by atoms with Gasteiger partial charge >= 0.3 is 0 Å². The van der Waals surface area contributed by atoms with Crippen LogP contribution >= 0.6 is 23.2 Å². The van der Waals surface area contributed by atoms with Gasteiger partial charge in [0.25, 0.3) is 0 Å². The predicted molar refractivity (Wildman–Crippen MR) is 138 cm³/mol. The molecule has 0 saturated carbocycles. The van der Waals surface area contributed by atoms with E-state index in [0.717, 1.165) is 12.8 Å². The zero-order valence-electron chi connectivity index (χ0n) is 19.7. The Hall–Kier alpha value is -1.56. The molecule has 0 spiro atoms. The number of methoxy groups -OCH3 is 1. The standard InChI is InChI=1S/C23H29Cl2N3O5S2/c1-17-5-4-10-28(16-17)34(29,30)18-8-9-21(33-2)20(15-18)26-11-13-27(14-12-26)35(31,32)22-7-3-6-19(24)23(22)25/h3,6-9,15,17H,4-5,10-14,16H2,1-2H3/t17-/m0/s1. The minimum absolute atomic E-state index is 0.00297. The Morgan fingerprint density at radius 1 is 0.914 bits per heavy atom. The Kier molecular flexibility index (Phi) is 7.90. The van der Waals surface area contributed by atoms with Crippen molar-refractivity contribution in [1.82, 2.24) is 8.61 Å². The molecule has 4 rings (SSSR count). The van der Waals surface area contributed by atoms with Crippen molar-refractivity contribution in [3.05, 3.63) is 46.4 Å². The lowest BCUT2D eigenvalue weighted by Crippen LogP contribution is -2.48. The van der Waals surface area contributed by atoms with Crippen molar-refractivity contribution in [2.24, 2.45) is 5.92 Å². The van der Waals surface area contributed by atoms with Crippen LogP contribution in [-0.4, -0.2) is 71.8 Å². The summed E-state index contributed by atoms with van der Waals surface area (Å²) in [6.07, 6.45) is 1.87. The first kappa shape index (κ1) is 26.5. The maximum absolute atomic E-state index is 13.3. The summed E-state index contributed by atoms with van der Waals surface area (Å²) in [5.41, 5.74) is 0.622. The number of sulfonamides is 2. The second kappa shape index (κ2) is 10.4. The Morgan fingerprint density at radius 3 is 2.29 bits per heavy atom. The van der Waals surface area contributed by atoms with E-state index in [9.17, 15) is 16.8 Å². The number of hydrogen-bond acceptors (Lipinski definition) is 6. The van der Waals surface area contributed by atoms with E-state index in [0.29, 0.717) is 43.5 Å². The monoisotopic (exact) mass is 561 g/mol. The summed E-state index contributed by atoms with van der Waals surface area (Å²) in [5, 5.41) is 0.181. The Morgan fingerprint density at radius 2 is 1.63 bits per heavy atom. The molecule has 1 atom stereocenters. The first-order valence-electron chi connectivity index (χ1n) is 11.4. The minimum atomic E-state index is -3.83. The third kappa shape index (κ3) is 5.28. The quantitative estimate of drug-likeness (QED) is 0.531. The molecule has 0 bridgehead atoms. The third-order valence-corrected chi connectivity index (χ3v) is 11.3. The molecule has 2 saturated heterocycles. The molecule has 2 fully saturated rings. The fraction of sp³-hybridized carbons (Fsp3) is 0.478. The Balaban J connectivity index is 1.56. The minimum Gasteiger partial charge on any atom is -0.495 e. The number of nitrogens with zero attached hydrogens (tertiary/aromatic N) is 3. The number of piperazine rings is 1. The normalized spacial score (nSPS) is 20.7. The van der Waals surface area contributed by atoms with Crippen LogP contribution in [0.2, 0.25) is 10.0 Å². The van der Waals surface area contributed by atoms with Gasteiger partial charge in [-0.2, -0.15) is 8.61 Å². The highest BCUT2D eigenvalue weighted by Crippen LogP contribution is 2.35. The van der Waals surface area contributed by atoms with Crippen LogP contribution in [0.5, 0.6) is 5.75 Å². The molecule has 35 heavy (non-hydrogen) atoms. The fourth-order valence-electron chi connectivity index (χ4n) is 4.58. The van der Waals surface area contributed by atoms with Gasteiger partial charge in [-0.25, -0.2) is 16.8 Å². The summed E-state index contributed by atoms with van der Waals surface area (Å²) in [5.74, 6) is 0.851. The zero-order valence-corrected chi connectivity index (χ0v) is 22.8. The molecule has 2 aliphatic rings. The molecule has 0 N–H and O–H groups in total. The highest BCUT2D eigenvalue weighted by Gasteiger charge is 2.33. The van der Waals surface area contributed by atoms with Crippen LogP contribution in [0.3, 0.4) is 0 Å². The van der Waals surface area contributed by atoms with E-state index in [1.165, 1.54) is 17.5 Å². The van der Waals surface area contributed by atoms with Crippen molar-refractivity contribution < 1.29 is 21.6 Å². The molecule has 192 valence electrons. The molecule has 2 heterocycles. The lowest BCUT2D eigenvalue weighted by atomic mass is 10.0. The summed E-state index contributed by atoms with van der Waals surface area (Å²) in [6, 6.07) is 9.39. The van der Waals surface area contributed by atoms with Crippen molar-refractivity contribution in [2.75, 3.05) is 51.3 Å². The highest BCUT2D eigenvalue weighted by atomic mass is 35.5. The van der Waals surface area contributed by atoms with Gasteiger partial charge in [0.2, 0.25) is 20.0 Å². The number of rotatable bonds is 6. The van der Waals surface area contributed by atoms with Gasteiger partial charge in [-0.15, -0.1) is 0 Å². The summed E-state index contributed by atoms with van der Waals surface area (Å²) in [6.45, 7) is 4.20. The van der Waals surface area contributed by atoms with Crippen molar-refractivity contribution in [3.8, 4) is 5.75 Å². The molecule has 0 aliphatic carbocycles. The average Bonchev–Trinajstić information content (AvgIpc) is 2.85. The Labute approximate surface area is 217 Å². The van der Waals surface area contributed by atoms with Gasteiger partial charge < -0.3 is 9.64 Å². The van der Waals surface area contributed by atoms with E-state index in [1.807, 2.05) is 4.90 Å². The largest absolute Gasteiger partial charge is 0.495 e. The van der Waals surface area contributed by atoms with Crippen LogP contribution in [0.4, 0.5) is 5.69 Å². The smallest absolute Gasteiger partial charge is 0.244 e. The van der Waals surface area contributed by atoms with Crippen LogP contribution < -0.4 is 9.64 Å². The van der Waals surface area contributed by atoms with E-state index in [1.54, 1.807) is 34.6 Å². The second-order valence-electron chi connectivity index (χ2n) is 8.89. The molecule has 0 amide bonds. The highest BCUT2D eigenvalue weighted by molar-refractivity contribution is 7.89. The summed E-state index contributed by atoms with van der Waals surface area (Å²) in [4.78, 5) is 2.13. The van der Waals surface area contributed by atoms with Crippen LogP contribution in [-0.2, 0) is 20.0 Å². The summed E-state index contributed by atoms with van der Waals surface area (Å²) in [7, 11) is -5.94. The number of benzene rings is 2. The molecule has 0 unspecified atom stereocenters. The fourth-order valence-corrected chi connectivity index (χ4v) is 8.36. The molecule has 12 heteroatoms. The average molecular weight is 563 g/mol. The van der Waals surface area contributed by atoms with E-state index < -0.39 is 20.0 Å². The number of halogens is 2. The van der Waals surface area contributed by atoms with E-state index in [2.05, 4.69) is 6.92 Å². The zero-order chi connectivity index (χ0) is 25.4. The van der Waals surface area contributed by atoms with Crippen molar-refractivity contribution >= 4 is 48.9 Å². The van der Waals surface area contributed by atoms with Crippen LogP contribution in [0.1, 0.15) is 19.8 Å². The number of piperidine rings is 1. The molecule has 2 aromatic carbocycles. The molecule has 2 aromatic rings. The third-order valence-electron chi connectivity index (χ3n) is 6.52. The topological polar surface area (TPSA) is 87.2 Å². The van der Waals surface area contributed by atoms with Crippen molar-refractivity contribution in [3.63, 3.8) is 0 Å². The van der Waals surface area contributed by atoms with Gasteiger partial charge in [-0.05, 0) is 49.1 Å². The Bertz CT molecular complexity index is 1300. The maximum atomic E-state index is 13.3. The molecular formula is C23H29Cl2N3O5S2. The van der Waals surface area contributed by atoms with Gasteiger partial charge in [0, 0.05) is 39.3 Å². The number of hydrogen-bond donors (Lipinski definition) is 0. The SMILES string of the molecule is COc1ccc(S(=O)(=O)N2CCC[C@H](C)C2)cc1N1CCN(S(=O)(=O)c2cccc(Cl)c2Cl)CC1.